The molecule has 0 radical (unpaired) electrons. The molecule has 76 valence electrons. The van der Waals surface area contributed by atoms with Crippen molar-refractivity contribution < 1.29 is 5.11 Å². The summed E-state index contributed by atoms with van der Waals surface area (Å²) in [5.41, 5.74) is 6.93. The zero-order chi connectivity index (χ0) is 10.8. The van der Waals surface area contributed by atoms with Gasteiger partial charge in [0.25, 0.3) is 0 Å². The second-order valence-corrected chi connectivity index (χ2v) is 3.40. The van der Waals surface area contributed by atoms with Crippen LogP contribution in [0.25, 0.3) is 11.1 Å². The molecule has 2 rings (SSSR count). The van der Waals surface area contributed by atoms with Gasteiger partial charge in [-0.2, -0.15) is 0 Å². The fourth-order valence-corrected chi connectivity index (χ4v) is 1.30. The van der Waals surface area contributed by atoms with E-state index in [1.54, 1.807) is 30.6 Å². The third-order valence-electron chi connectivity index (χ3n) is 1.95. The van der Waals surface area contributed by atoms with Crippen LogP contribution in [0, 0.1) is 0 Å². The number of benzene rings is 1. The minimum absolute atomic E-state index is 0.0333. The molecule has 1 heterocycles. The van der Waals surface area contributed by atoms with Crippen molar-refractivity contribution in [2.75, 3.05) is 5.73 Å². The average Bonchev–Trinajstić information content (AvgIpc) is 2.23. The second-order valence-electron chi connectivity index (χ2n) is 3.00. The van der Waals surface area contributed by atoms with E-state index in [-0.39, 0.29) is 11.7 Å². The van der Waals surface area contributed by atoms with E-state index in [9.17, 15) is 5.11 Å². The number of hydrogen-bond acceptors (Lipinski definition) is 4. The number of halogens is 1. The van der Waals surface area contributed by atoms with Crippen LogP contribution in [-0.2, 0) is 0 Å². The molecule has 0 unspecified atom stereocenters. The SMILES string of the molecule is Nc1ncc(-c2ccc(Cl)c(O)c2)cn1. The Morgan fingerprint density at radius 3 is 2.40 bits per heavy atom. The number of nitrogens with zero attached hydrogens (tertiary/aromatic N) is 2. The van der Waals surface area contributed by atoms with Crippen LogP contribution in [0.3, 0.4) is 0 Å². The summed E-state index contributed by atoms with van der Waals surface area (Å²) in [6.07, 6.45) is 3.18. The van der Waals surface area contributed by atoms with Crippen LogP contribution >= 0.6 is 11.6 Å². The maximum atomic E-state index is 9.42. The van der Waals surface area contributed by atoms with Crippen LogP contribution in [-0.4, -0.2) is 15.1 Å². The van der Waals surface area contributed by atoms with Gasteiger partial charge in [0.05, 0.1) is 5.02 Å². The Morgan fingerprint density at radius 1 is 1.13 bits per heavy atom. The molecule has 2 aromatic rings. The molecule has 1 aromatic heterocycles. The molecule has 0 spiro atoms. The van der Waals surface area contributed by atoms with Crippen molar-refractivity contribution in [3.8, 4) is 16.9 Å². The molecule has 0 atom stereocenters. The van der Waals surface area contributed by atoms with Crippen molar-refractivity contribution in [1.82, 2.24) is 9.97 Å². The Balaban J connectivity index is 2.45. The fourth-order valence-electron chi connectivity index (χ4n) is 1.18. The van der Waals surface area contributed by atoms with Gasteiger partial charge in [0, 0.05) is 18.0 Å². The molecule has 0 fully saturated rings. The van der Waals surface area contributed by atoms with E-state index in [1.807, 2.05) is 0 Å². The van der Waals surface area contributed by atoms with Crippen LogP contribution in [0.5, 0.6) is 5.75 Å². The van der Waals surface area contributed by atoms with Crippen molar-refractivity contribution in [3.05, 3.63) is 35.6 Å². The largest absolute Gasteiger partial charge is 0.506 e. The van der Waals surface area contributed by atoms with Gasteiger partial charge in [-0.3, -0.25) is 0 Å². The molecule has 15 heavy (non-hydrogen) atoms. The smallest absolute Gasteiger partial charge is 0.219 e. The Bertz CT molecular complexity index is 485. The van der Waals surface area contributed by atoms with Crippen molar-refractivity contribution in [3.63, 3.8) is 0 Å². The lowest BCUT2D eigenvalue weighted by Gasteiger charge is -2.02. The number of phenolic OH excluding ortho intramolecular Hbond substituents is 1. The monoisotopic (exact) mass is 221 g/mol. The molecule has 0 aliphatic heterocycles. The normalized spacial score (nSPS) is 10.2. The summed E-state index contributed by atoms with van der Waals surface area (Å²) in [4.78, 5) is 7.72. The predicted octanol–water partition coefficient (Wildman–Crippen LogP) is 2.08. The number of hydrogen-bond donors (Lipinski definition) is 2. The molecule has 3 N–H and O–H groups in total. The third-order valence-corrected chi connectivity index (χ3v) is 2.27. The van der Waals surface area contributed by atoms with E-state index < -0.39 is 0 Å². The van der Waals surface area contributed by atoms with Crippen LogP contribution < -0.4 is 5.73 Å². The van der Waals surface area contributed by atoms with Crippen LogP contribution in [0.1, 0.15) is 0 Å². The molecular formula is C10H8ClN3O. The first-order valence-corrected chi connectivity index (χ1v) is 4.61. The molecular weight excluding hydrogens is 214 g/mol. The molecule has 1 aromatic carbocycles. The van der Waals surface area contributed by atoms with Crippen molar-refractivity contribution >= 4 is 17.5 Å². The summed E-state index contributed by atoms with van der Waals surface area (Å²) in [6, 6.07) is 4.94. The van der Waals surface area contributed by atoms with Gasteiger partial charge in [0.1, 0.15) is 5.75 Å². The number of nitrogen functional groups attached to an aromatic ring is 1. The first-order valence-electron chi connectivity index (χ1n) is 4.23. The Labute approximate surface area is 91.4 Å². The predicted molar refractivity (Wildman–Crippen MR) is 58.6 cm³/mol. The third kappa shape index (κ3) is 1.99. The maximum Gasteiger partial charge on any atom is 0.219 e. The lowest BCUT2D eigenvalue weighted by atomic mass is 10.1. The summed E-state index contributed by atoms with van der Waals surface area (Å²) in [5.74, 6) is 0.253. The highest BCUT2D eigenvalue weighted by Crippen LogP contribution is 2.28. The number of nitrogens with two attached hydrogens (primary N) is 1. The van der Waals surface area contributed by atoms with Crippen molar-refractivity contribution in [2.45, 2.75) is 0 Å². The van der Waals surface area contributed by atoms with Gasteiger partial charge in [-0.25, -0.2) is 9.97 Å². The van der Waals surface area contributed by atoms with Gasteiger partial charge in [-0.1, -0.05) is 17.7 Å². The summed E-state index contributed by atoms with van der Waals surface area (Å²) < 4.78 is 0. The minimum atomic E-state index is 0.0333. The van der Waals surface area contributed by atoms with Crippen molar-refractivity contribution in [2.24, 2.45) is 0 Å². The lowest BCUT2D eigenvalue weighted by Crippen LogP contribution is -1.93. The van der Waals surface area contributed by atoms with Gasteiger partial charge in [-0.15, -0.1) is 0 Å². The number of aromatic nitrogens is 2. The molecule has 0 aliphatic carbocycles. The van der Waals surface area contributed by atoms with E-state index in [1.165, 1.54) is 0 Å². The average molecular weight is 222 g/mol. The Morgan fingerprint density at radius 2 is 1.80 bits per heavy atom. The second kappa shape index (κ2) is 3.74. The van der Waals surface area contributed by atoms with Gasteiger partial charge in [0.2, 0.25) is 5.95 Å². The lowest BCUT2D eigenvalue weighted by molar-refractivity contribution is 0.476. The van der Waals surface area contributed by atoms with Crippen LogP contribution in [0.2, 0.25) is 5.02 Å². The van der Waals surface area contributed by atoms with E-state index in [0.29, 0.717) is 5.02 Å². The van der Waals surface area contributed by atoms with E-state index in [2.05, 4.69) is 9.97 Å². The highest BCUT2D eigenvalue weighted by atomic mass is 35.5. The molecule has 0 amide bonds. The molecule has 0 saturated heterocycles. The first kappa shape index (κ1) is 9.73. The highest BCUT2D eigenvalue weighted by Gasteiger charge is 2.03. The molecule has 0 saturated carbocycles. The standard InChI is InChI=1S/C10H8ClN3O/c11-8-2-1-6(3-9(8)15)7-4-13-10(12)14-5-7/h1-5,15H,(H2,12,13,14). The van der Waals surface area contributed by atoms with E-state index in [4.69, 9.17) is 17.3 Å². The van der Waals surface area contributed by atoms with Crippen LogP contribution in [0.4, 0.5) is 5.95 Å². The first-order chi connectivity index (χ1) is 7.16. The quantitative estimate of drug-likeness (QED) is 0.774. The molecule has 4 nitrogen and oxygen atoms in total. The fraction of sp³-hybridized carbons (Fsp3) is 0. The Kier molecular flexibility index (Phi) is 2.43. The van der Waals surface area contributed by atoms with Gasteiger partial charge in [-0.05, 0) is 17.7 Å². The van der Waals surface area contributed by atoms with Gasteiger partial charge >= 0.3 is 0 Å². The van der Waals surface area contributed by atoms with E-state index in [0.717, 1.165) is 11.1 Å². The molecule has 0 bridgehead atoms. The number of rotatable bonds is 1. The highest BCUT2D eigenvalue weighted by molar-refractivity contribution is 6.32. The van der Waals surface area contributed by atoms with Crippen molar-refractivity contribution in [1.29, 1.82) is 0 Å². The summed E-state index contributed by atoms with van der Waals surface area (Å²) >= 11 is 5.69. The Hall–Kier alpha value is -1.81. The van der Waals surface area contributed by atoms with E-state index >= 15 is 0 Å². The molecule has 0 aliphatic rings. The van der Waals surface area contributed by atoms with Crippen LogP contribution in [0.15, 0.2) is 30.6 Å². The molecule has 5 heteroatoms. The summed E-state index contributed by atoms with van der Waals surface area (Å²) in [6.45, 7) is 0. The maximum absolute atomic E-state index is 9.42. The number of aromatic hydroxyl groups is 1. The number of anilines is 1. The minimum Gasteiger partial charge on any atom is -0.506 e. The summed E-state index contributed by atoms with van der Waals surface area (Å²) in [5, 5.41) is 9.73. The topological polar surface area (TPSA) is 72.0 Å². The zero-order valence-corrected chi connectivity index (χ0v) is 8.44. The zero-order valence-electron chi connectivity index (χ0n) is 7.68. The number of phenols is 1. The van der Waals surface area contributed by atoms with Gasteiger partial charge < -0.3 is 10.8 Å². The summed E-state index contributed by atoms with van der Waals surface area (Å²) in [7, 11) is 0. The van der Waals surface area contributed by atoms with Gasteiger partial charge in [0.15, 0.2) is 0 Å².